The molecule has 2 aromatic carbocycles. The van der Waals surface area contributed by atoms with Gasteiger partial charge in [0.15, 0.2) is 11.5 Å². The van der Waals surface area contributed by atoms with Crippen molar-refractivity contribution in [1.82, 2.24) is 0 Å². The molecule has 1 heterocycles. The van der Waals surface area contributed by atoms with Gasteiger partial charge in [0, 0.05) is 16.8 Å². The fourth-order valence-corrected chi connectivity index (χ4v) is 3.53. The number of amides is 1. The van der Waals surface area contributed by atoms with Crippen LogP contribution in [-0.2, 0) is 4.74 Å². The number of hydrogen-bond donors (Lipinski definition) is 1. The molecular formula is C19H15F2NO5S. The molecule has 0 bridgehead atoms. The van der Waals surface area contributed by atoms with Crippen molar-refractivity contribution in [2.75, 3.05) is 19.5 Å². The standard InChI is InChI=1S/C19H15F2NO5S/c1-25-13-8-11(18(24)26-2)12(9-14(13)27-19(20)21)22-17(23)16-7-10-5-3-4-6-15(10)28-16/h3-9,19H,1-2H3,(H,22,23). The van der Waals surface area contributed by atoms with Crippen molar-refractivity contribution in [3.05, 3.63) is 52.9 Å². The lowest BCUT2D eigenvalue weighted by molar-refractivity contribution is -0.0511. The van der Waals surface area contributed by atoms with Crippen LogP contribution in [0.1, 0.15) is 20.0 Å². The highest BCUT2D eigenvalue weighted by Gasteiger charge is 2.22. The Hall–Kier alpha value is -3.20. The van der Waals surface area contributed by atoms with Gasteiger partial charge in [-0.25, -0.2) is 4.79 Å². The van der Waals surface area contributed by atoms with Crippen molar-refractivity contribution in [2.24, 2.45) is 0 Å². The summed E-state index contributed by atoms with van der Waals surface area (Å²) in [6.45, 7) is -3.11. The first kappa shape index (κ1) is 19.6. The number of alkyl halides is 2. The number of nitrogens with one attached hydrogen (secondary N) is 1. The number of benzene rings is 2. The van der Waals surface area contributed by atoms with E-state index in [-0.39, 0.29) is 22.7 Å². The van der Waals surface area contributed by atoms with Crippen LogP contribution >= 0.6 is 11.3 Å². The number of rotatable bonds is 6. The zero-order chi connectivity index (χ0) is 20.3. The summed E-state index contributed by atoms with van der Waals surface area (Å²) in [4.78, 5) is 25.1. The van der Waals surface area contributed by atoms with Crippen LogP contribution in [0.5, 0.6) is 11.5 Å². The number of carbonyl (C=O) groups is 2. The van der Waals surface area contributed by atoms with Gasteiger partial charge in [-0.3, -0.25) is 4.79 Å². The van der Waals surface area contributed by atoms with Crippen LogP contribution in [0.3, 0.4) is 0 Å². The van der Waals surface area contributed by atoms with Gasteiger partial charge < -0.3 is 19.5 Å². The third kappa shape index (κ3) is 4.04. The number of hydrogen-bond acceptors (Lipinski definition) is 6. The Morgan fingerprint density at radius 1 is 1.07 bits per heavy atom. The van der Waals surface area contributed by atoms with Gasteiger partial charge in [0.1, 0.15) is 0 Å². The lowest BCUT2D eigenvalue weighted by Gasteiger charge is -2.15. The summed E-state index contributed by atoms with van der Waals surface area (Å²) in [6.07, 6.45) is 0. The predicted molar refractivity (Wildman–Crippen MR) is 101 cm³/mol. The quantitative estimate of drug-likeness (QED) is 0.607. The van der Waals surface area contributed by atoms with Gasteiger partial charge in [0.25, 0.3) is 5.91 Å². The number of halogens is 2. The number of fused-ring (bicyclic) bond motifs is 1. The molecule has 1 N–H and O–H groups in total. The van der Waals surface area contributed by atoms with E-state index in [1.165, 1.54) is 24.5 Å². The first-order valence-electron chi connectivity index (χ1n) is 7.98. The van der Waals surface area contributed by atoms with Gasteiger partial charge in [0.2, 0.25) is 0 Å². The average Bonchev–Trinajstić information content (AvgIpc) is 3.11. The minimum absolute atomic E-state index is 0.0363. The smallest absolute Gasteiger partial charge is 0.387 e. The molecule has 3 rings (SSSR count). The molecule has 0 aliphatic heterocycles. The fraction of sp³-hybridized carbons (Fsp3) is 0.158. The Kier molecular flexibility index (Phi) is 5.74. The van der Waals surface area contributed by atoms with Crippen LogP contribution in [-0.4, -0.2) is 32.7 Å². The Morgan fingerprint density at radius 2 is 1.82 bits per heavy atom. The number of ether oxygens (including phenoxy) is 3. The van der Waals surface area contributed by atoms with E-state index in [0.29, 0.717) is 4.88 Å². The zero-order valence-electron chi connectivity index (χ0n) is 14.8. The molecule has 1 aromatic heterocycles. The third-order valence-corrected chi connectivity index (χ3v) is 4.94. The summed E-state index contributed by atoms with van der Waals surface area (Å²) in [6, 6.07) is 11.4. The van der Waals surface area contributed by atoms with E-state index >= 15 is 0 Å². The molecule has 0 atom stereocenters. The molecule has 0 saturated carbocycles. The summed E-state index contributed by atoms with van der Waals surface area (Å²) in [7, 11) is 2.40. The number of carbonyl (C=O) groups excluding carboxylic acids is 2. The van der Waals surface area contributed by atoms with Crippen LogP contribution in [0, 0.1) is 0 Å². The lowest BCUT2D eigenvalue weighted by Crippen LogP contribution is -2.15. The zero-order valence-corrected chi connectivity index (χ0v) is 15.6. The summed E-state index contributed by atoms with van der Waals surface area (Å²) in [5.41, 5.74) is -0.0961. The molecule has 28 heavy (non-hydrogen) atoms. The van der Waals surface area contributed by atoms with Crippen LogP contribution in [0.15, 0.2) is 42.5 Å². The van der Waals surface area contributed by atoms with Crippen molar-refractivity contribution < 1.29 is 32.6 Å². The number of thiophene rings is 1. The summed E-state index contributed by atoms with van der Waals surface area (Å²) < 4.78 is 40.4. The predicted octanol–water partition coefficient (Wildman–Crippen LogP) is 4.55. The Bertz CT molecular complexity index is 1000. The second kappa shape index (κ2) is 8.22. The van der Waals surface area contributed by atoms with Gasteiger partial charge in [0.05, 0.1) is 30.3 Å². The third-order valence-electron chi connectivity index (χ3n) is 3.82. The summed E-state index contributed by atoms with van der Waals surface area (Å²) >= 11 is 1.26. The van der Waals surface area contributed by atoms with E-state index in [2.05, 4.69) is 10.1 Å². The highest BCUT2D eigenvalue weighted by molar-refractivity contribution is 7.20. The van der Waals surface area contributed by atoms with E-state index in [1.807, 2.05) is 24.3 Å². The van der Waals surface area contributed by atoms with Gasteiger partial charge in [-0.15, -0.1) is 11.3 Å². The van der Waals surface area contributed by atoms with Gasteiger partial charge in [-0.2, -0.15) is 8.78 Å². The normalized spacial score (nSPS) is 10.8. The van der Waals surface area contributed by atoms with Gasteiger partial charge in [-0.05, 0) is 17.5 Å². The Labute approximate surface area is 162 Å². The fourth-order valence-electron chi connectivity index (χ4n) is 2.57. The molecular weight excluding hydrogens is 392 g/mol. The van der Waals surface area contributed by atoms with Crippen molar-refractivity contribution in [1.29, 1.82) is 0 Å². The molecule has 0 unspecified atom stereocenters. The Balaban J connectivity index is 2.00. The summed E-state index contributed by atoms with van der Waals surface area (Å²) in [5.74, 6) is -1.69. The first-order valence-corrected chi connectivity index (χ1v) is 8.79. The van der Waals surface area contributed by atoms with E-state index in [1.54, 1.807) is 6.07 Å². The molecule has 1 amide bonds. The highest BCUT2D eigenvalue weighted by atomic mass is 32.1. The first-order chi connectivity index (χ1) is 13.4. The largest absolute Gasteiger partial charge is 0.493 e. The summed E-state index contributed by atoms with van der Waals surface area (Å²) in [5, 5.41) is 3.45. The maximum atomic E-state index is 12.7. The van der Waals surface area contributed by atoms with Crippen LogP contribution < -0.4 is 14.8 Å². The van der Waals surface area contributed by atoms with E-state index < -0.39 is 18.5 Å². The van der Waals surface area contributed by atoms with Crippen LogP contribution in [0.25, 0.3) is 10.1 Å². The van der Waals surface area contributed by atoms with Gasteiger partial charge >= 0.3 is 12.6 Å². The van der Waals surface area contributed by atoms with E-state index in [0.717, 1.165) is 23.3 Å². The SMILES string of the molecule is COC(=O)c1cc(OC)c(OC(F)F)cc1NC(=O)c1cc2ccccc2s1. The second-order valence-electron chi connectivity index (χ2n) is 5.52. The molecule has 146 valence electrons. The van der Waals surface area contributed by atoms with Crippen molar-refractivity contribution >= 4 is 39.0 Å². The Morgan fingerprint density at radius 3 is 2.46 bits per heavy atom. The van der Waals surface area contributed by atoms with Crippen molar-refractivity contribution in [3.8, 4) is 11.5 Å². The maximum Gasteiger partial charge on any atom is 0.387 e. The van der Waals surface area contributed by atoms with Gasteiger partial charge in [-0.1, -0.05) is 18.2 Å². The van der Waals surface area contributed by atoms with E-state index in [4.69, 9.17) is 9.47 Å². The highest BCUT2D eigenvalue weighted by Crippen LogP contribution is 2.35. The molecule has 0 aliphatic carbocycles. The van der Waals surface area contributed by atoms with Crippen LogP contribution in [0.2, 0.25) is 0 Å². The van der Waals surface area contributed by atoms with Crippen LogP contribution in [0.4, 0.5) is 14.5 Å². The second-order valence-corrected chi connectivity index (χ2v) is 6.61. The molecule has 0 saturated heterocycles. The molecule has 3 aromatic rings. The number of esters is 1. The van der Waals surface area contributed by atoms with Crippen molar-refractivity contribution in [3.63, 3.8) is 0 Å². The molecule has 0 fully saturated rings. The number of anilines is 1. The molecule has 0 radical (unpaired) electrons. The monoisotopic (exact) mass is 407 g/mol. The minimum Gasteiger partial charge on any atom is -0.493 e. The molecule has 0 spiro atoms. The molecule has 0 aliphatic rings. The van der Waals surface area contributed by atoms with Crippen molar-refractivity contribution in [2.45, 2.75) is 6.61 Å². The molecule has 9 heteroatoms. The average molecular weight is 407 g/mol. The molecule has 6 nitrogen and oxygen atoms in total. The topological polar surface area (TPSA) is 73.9 Å². The maximum absolute atomic E-state index is 12.7. The van der Waals surface area contributed by atoms with E-state index in [9.17, 15) is 18.4 Å². The number of methoxy groups -OCH3 is 2. The minimum atomic E-state index is -3.11. The lowest BCUT2D eigenvalue weighted by atomic mass is 10.1.